The molecule has 0 amide bonds. The lowest BCUT2D eigenvalue weighted by molar-refractivity contribution is 0.613. The fourth-order valence-electron chi connectivity index (χ4n) is 1.85. The maximum absolute atomic E-state index is 6.07. The Morgan fingerprint density at radius 3 is 2.93 bits per heavy atom. The topological polar surface area (TPSA) is 39.2 Å². The molecule has 0 radical (unpaired) electrons. The molecule has 1 aromatic carbocycles. The Labute approximate surface area is 82.7 Å². The highest BCUT2D eigenvalue weighted by Gasteiger charge is 2.37. The van der Waals surface area contributed by atoms with E-state index >= 15 is 0 Å². The minimum absolute atomic E-state index is 0.0836. The molecule has 0 spiro atoms. The summed E-state index contributed by atoms with van der Waals surface area (Å²) in [5.74, 6) is 0. The van der Waals surface area contributed by atoms with Gasteiger partial charge in [0.2, 0.25) is 0 Å². The molecule has 1 fully saturated rings. The first-order valence-electron chi connectivity index (χ1n) is 5.00. The van der Waals surface area contributed by atoms with E-state index in [2.05, 4.69) is 18.2 Å². The molecular weight excluding hydrogens is 174 g/mol. The number of rotatable bonds is 2. The lowest BCUT2D eigenvalue weighted by Gasteiger charge is -2.07. The van der Waals surface area contributed by atoms with Crippen molar-refractivity contribution < 1.29 is 4.42 Å². The van der Waals surface area contributed by atoms with Crippen molar-refractivity contribution in [1.82, 2.24) is 0 Å². The maximum Gasteiger partial charge on any atom is 0.134 e. The Morgan fingerprint density at radius 1 is 1.29 bits per heavy atom. The second-order valence-corrected chi connectivity index (χ2v) is 4.33. The van der Waals surface area contributed by atoms with Crippen LogP contribution in [0.15, 0.2) is 34.9 Å². The van der Waals surface area contributed by atoms with E-state index < -0.39 is 0 Å². The van der Waals surface area contributed by atoms with E-state index in [1.807, 2.05) is 6.07 Å². The van der Waals surface area contributed by atoms with E-state index in [0.29, 0.717) is 0 Å². The van der Waals surface area contributed by atoms with Gasteiger partial charge in [-0.25, -0.2) is 0 Å². The van der Waals surface area contributed by atoms with Crippen LogP contribution in [0.2, 0.25) is 0 Å². The van der Waals surface area contributed by atoms with Crippen molar-refractivity contribution in [3.05, 3.63) is 36.1 Å². The lowest BCUT2D eigenvalue weighted by Crippen LogP contribution is -2.24. The maximum atomic E-state index is 6.07. The lowest BCUT2D eigenvalue weighted by atomic mass is 10.0. The van der Waals surface area contributed by atoms with Crippen LogP contribution < -0.4 is 5.73 Å². The molecular formula is C12H13NO. The van der Waals surface area contributed by atoms with Crippen LogP contribution in [0.3, 0.4) is 0 Å². The molecule has 0 unspecified atom stereocenters. The van der Waals surface area contributed by atoms with Gasteiger partial charge in [-0.05, 0) is 37.0 Å². The zero-order chi connectivity index (χ0) is 9.60. The van der Waals surface area contributed by atoms with E-state index in [1.54, 1.807) is 6.26 Å². The molecule has 72 valence electrons. The average Bonchev–Trinajstić information content (AvgIpc) is 2.73. The molecule has 0 atom stereocenters. The summed E-state index contributed by atoms with van der Waals surface area (Å²) in [6.45, 7) is 0. The Hall–Kier alpha value is -1.28. The fourth-order valence-corrected chi connectivity index (χ4v) is 1.85. The standard InChI is InChI=1S/C12H13NO/c13-12(4-5-12)8-9-1-2-10-3-6-14-11(10)7-9/h1-3,6-7H,4-5,8,13H2. The predicted octanol–water partition coefficient (Wildman–Crippen LogP) is 2.47. The Kier molecular flexibility index (Phi) is 1.50. The summed E-state index contributed by atoms with van der Waals surface area (Å²) in [6, 6.07) is 8.32. The van der Waals surface area contributed by atoms with Gasteiger partial charge in [0.1, 0.15) is 5.58 Å². The van der Waals surface area contributed by atoms with E-state index in [4.69, 9.17) is 10.2 Å². The molecule has 14 heavy (non-hydrogen) atoms. The Balaban J connectivity index is 1.97. The van der Waals surface area contributed by atoms with Crippen LogP contribution in [0.5, 0.6) is 0 Å². The molecule has 0 aliphatic heterocycles. The summed E-state index contributed by atoms with van der Waals surface area (Å²) in [4.78, 5) is 0. The zero-order valence-corrected chi connectivity index (χ0v) is 7.99. The molecule has 0 bridgehead atoms. The number of nitrogens with two attached hydrogens (primary N) is 1. The van der Waals surface area contributed by atoms with Crippen molar-refractivity contribution in [2.24, 2.45) is 5.73 Å². The van der Waals surface area contributed by atoms with Gasteiger partial charge in [-0.1, -0.05) is 12.1 Å². The van der Waals surface area contributed by atoms with Crippen LogP contribution in [0.25, 0.3) is 11.0 Å². The summed E-state index contributed by atoms with van der Waals surface area (Å²) >= 11 is 0. The van der Waals surface area contributed by atoms with E-state index in [-0.39, 0.29) is 5.54 Å². The first-order valence-corrected chi connectivity index (χ1v) is 5.00. The summed E-state index contributed by atoms with van der Waals surface area (Å²) < 4.78 is 5.35. The number of hydrogen-bond acceptors (Lipinski definition) is 2. The number of benzene rings is 1. The number of furan rings is 1. The van der Waals surface area contributed by atoms with Crippen LogP contribution in [0.1, 0.15) is 18.4 Å². The van der Waals surface area contributed by atoms with Gasteiger partial charge in [0.15, 0.2) is 0 Å². The minimum atomic E-state index is 0.0836. The fraction of sp³-hybridized carbons (Fsp3) is 0.333. The van der Waals surface area contributed by atoms with Gasteiger partial charge < -0.3 is 10.2 Å². The van der Waals surface area contributed by atoms with E-state index in [0.717, 1.165) is 30.2 Å². The highest BCUT2D eigenvalue weighted by atomic mass is 16.3. The van der Waals surface area contributed by atoms with Crippen LogP contribution in [0, 0.1) is 0 Å². The molecule has 2 N–H and O–H groups in total. The highest BCUT2D eigenvalue weighted by Crippen LogP contribution is 2.36. The predicted molar refractivity (Wildman–Crippen MR) is 56.1 cm³/mol. The third-order valence-electron chi connectivity index (χ3n) is 2.97. The third kappa shape index (κ3) is 1.32. The van der Waals surface area contributed by atoms with Gasteiger partial charge in [0.05, 0.1) is 6.26 Å². The van der Waals surface area contributed by atoms with Crippen molar-refractivity contribution in [3.63, 3.8) is 0 Å². The normalized spacial score (nSPS) is 18.6. The SMILES string of the molecule is NC1(Cc2ccc3ccoc3c2)CC1. The molecule has 1 aliphatic carbocycles. The molecule has 3 rings (SSSR count). The van der Waals surface area contributed by atoms with Gasteiger partial charge in [-0.2, -0.15) is 0 Å². The largest absolute Gasteiger partial charge is 0.464 e. The second kappa shape index (κ2) is 2.61. The van der Waals surface area contributed by atoms with Gasteiger partial charge in [0.25, 0.3) is 0 Å². The van der Waals surface area contributed by atoms with Crippen molar-refractivity contribution in [1.29, 1.82) is 0 Å². The van der Waals surface area contributed by atoms with Gasteiger partial charge in [0, 0.05) is 10.9 Å². The average molecular weight is 187 g/mol. The van der Waals surface area contributed by atoms with E-state index in [9.17, 15) is 0 Å². The first-order chi connectivity index (χ1) is 6.75. The monoisotopic (exact) mass is 187 g/mol. The number of hydrogen-bond donors (Lipinski definition) is 1. The second-order valence-electron chi connectivity index (χ2n) is 4.33. The molecule has 2 aromatic rings. The summed E-state index contributed by atoms with van der Waals surface area (Å²) in [7, 11) is 0. The van der Waals surface area contributed by atoms with Crippen molar-refractivity contribution in [3.8, 4) is 0 Å². The van der Waals surface area contributed by atoms with Gasteiger partial charge in [-0.3, -0.25) is 0 Å². The smallest absolute Gasteiger partial charge is 0.134 e. The zero-order valence-electron chi connectivity index (χ0n) is 7.99. The van der Waals surface area contributed by atoms with Gasteiger partial charge >= 0.3 is 0 Å². The quantitative estimate of drug-likeness (QED) is 0.784. The Morgan fingerprint density at radius 2 is 2.14 bits per heavy atom. The van der Waals surface area contributed by atoms with Crippen LogP contribution in [0.4, 0.5) is 0 Å². The molecule has 1 heterocycles. The minimum Gasteiger partial charge on any atom is -0.464 e. The summed E-state index contributed by atoms with van der Waals surface area (Å²) in [5, 5.41) is 1.16. The number of fused-ring (bicyclic) bond motifs is 1. The molecule has 0 saturated heterocycles. The molecule has 1 aliphatic rings. The van der Waals surface area contributed by atoms with Crippen LogP contribution in [-0.4, -0.2) is 5.54 Å². The van der Waals surface area contributed by atoms with E-state index in [1.165, 1.54) is 5.56 Å². The molecule has 2 heteroatoms. The van der Waals surface area contributed by atoms with Gasteiger partial charge in [-0.15, -0.1) is 0 Å². The van der Waals surface area contributed by atoms with Crippen molar-refractivity contribution in [2.45, 2.75) is 24.8 Å². The Bertz CT molecular complexity index is 468. The van der Waals surface area contributed by atoms with Crippen LogP contribution in [-0.2, 0) is 6.42 Å². The molecule has 1 aromatic heterocycles. The van der Waals surface area contributed by atoms with Crippen molar-refractivity contribution >= 4 is 11.0 Å². The highest BCUT2D eigenvalue weighted by molar-refractivity contribution is 5.77. The summed E-state index contributed by atoms with van der Waals surface area (Å²) in [6.07, 6.45) is 5.01. The molecule has 2 nitrogen and oxygen atoms in total. The van der Waals surface area contributed by atoms with Crippen molar-refractivity contribution in [2.75, 3.05) is 0 Å². The molecule has 1 saturated carbocycles. The third-order valence-corrected chi connectivity index (χ3v) is 2.97. The van der Waals surface area contributed by atoms with Crippen LogP contribution >= 0.6 is 0 Å². The first kappa shape index (κ1) is 8.06. The summed E-state index contributed by atoms with van der Waals surface area (Å²) in [5.41, 5.74) is 8.40.